The molecule has 94 valence electrons. The topological polar surface area (TPSA) is 21.3 Å². The minimum Gasteiger partial charge on any atom is -0.380 e. The molecular weight excluding hydrogens is 217 g/mol. The quantitative estimate of drug-likeness (QED) is 0.869. The van der Waals surface area contributed by atoms with Crippen molar-refractivity contribution in [2.75, 3.05) is 7.11 Å². The van der Waals surface area contributed by atoms with Crippen molar-refractivity contribution in [2.45, 2.75) is 44.4 Å². The second-order valence-electron chi connectivity index (χ2n) is 4.75. The van der Waals surface area contributed by atoms with E-state index in [9.17, 15) is 4.39 Å². The Balaban J connectivity index is 1.96. The predicted molar refractivity (Wildman–Crippen MR) is 66.4 cm³/mol. The van der Waals surface area contributed by atoms with Crippen LogP contribution in [0.4, 0.5) is 4.39 Å². The Labute approximate surface area is 102 Å². The van der Waals surface area contributed by atoms with Gasteiger partial charge in [0, 0.05) is 19.2 Å². The Morgan fingerprint density at radius 1 is 1.29 bits per heavy atom. The Morgan fingerprint density at radius 2 is 2.00 bits per heavy atom. The van der Waals surface area contributed by atoms with Crippen molar-refractivity contribution < 1.29 is 9.13 Å². The molecule has 17 heavy (non-hydrogen) atoms. The van der Waals surface area contributed by atoms with Crippen LogP contribution < -0.4 is 5.32 Å². The van der Waals surface area contributed by atoms with Gasteiger partial charge in [0.25, 0.3) is 0 Å². The van der Waals surface area contributed by atoms with E-state index in [0.29, 0.717) is 12.1 Å². The number of nitrogens with one attached hydrogen (secondary N) is 1. The maximum atomic E-state index is 12.8. The van der Waals surface area contributed by atoms with Crippen LogP contribution in [0.15, 0.2) is 24.3 Å². The Morgan fingerprint density at radius 3 is 2.65 bits per heavy atom. The van der Waals surface area contributed by atoms with Crippen LogP contribution in [0.5, 0.6) is 0 Å². The second kappa shape index (κ2) is 5.61. The Hall–Kier alpha value is -0.930. The molecule has 0 spiro atoms. The Kier molecular flexibility index (Phi) is 4.13. The monoisotopic (exact) mass is 237 g/mol. The molecule has 0 aliphatic heterocycles. The van der Waals surface area contributed by atoms with Gasteiger partial charge in [-0.3, -0.25) is 0 Å². The zero-order valence-corrected chi connectivity index (χ0v) is 10.4. The fraction of sp³-hybridized carbons (Fsp3) is 0.571. The van der Waals surface area contributed by atoms with Crippen molar-refractivity contribution in [3.8, 4) is 0 Å². The highest BCUT2D eigenvalue weighted by molar-refractivity contribution is 5.19. The summed E-state index contributed by atoms with van der Waals surface area (Å²) in [7, 11) is 1.77. The second-order valence-corrected chi connectivity index (χ2v) is 4.75. The summed E-state index contributed by atoms with van der Waals surface area (Å²) in [6, 6.07) is 7.34. The van der Waals surface area contributed by atoms with Crippen LogP contribution >= 0.6 is 0 Å². The summed E-state index contributed by atoms with van der Waals surface area (Å²) in [5.74, 6) is -0.184. The van der Waals surface area contributed by atoms with Crippen molar-refractivity contribution in [1.29, 1.82) is 0 Å². The number of rotatable bonds is 4. The lowest BCUT2D eigenvalue weighted by atomic mass is 10.1. The van der Waals surface area contributed by atoms with Crippen molar-refractivity contribution in [2.24, 2.45) is 0 Å². The fourth-order valence-electron chi connectivity index (χ4n) is 2.57. The van der Waals surface area contributed by atoms with Crippen LogP contribution in [0.25, 0.3) is 0 Å². The molecule has 1 aliphatic carbocycles. The van der Waals surface area contributed by atoms with Crippen molar-refractivity contribution >= 4 is 0 Å². The third-order valence-electron chi connectivity index (χ3n) is 3.59. The van der Waals surface area contributed by atoms with Gasteiger partial charge in [0.2, 0.25) is 0 Å². The standard InChI is InChI=1S/C14H20FNO/c1-10(11-6-8-12(15)9-7-11)16-13-4-3-5-14(13)17-2/h6-10,13-14,16H,3-5H2,1-2H3. The number of ether oxygens (including phenoxy) is 1. The summed E-state index contributed by atoms with van der Waals surface area (Å²) >= 11 is 0. The average Bonchev–Trinajstić information content (AvgIpc) is 2.77. The van der Waals surface area contributed by atoms with E-state index in [4.69, 9.17) is 4.74 Å². The van der Waals surface area contributed by atoms with Crippen molar-refractivity contribution in [3.05, 3.63) is 35.6 Å². The van der Waals surface area contributed by atoms with E-state index in [-0.39, 0.29) is 11.9 Å². The summed E-state index contributed by atoms with van der Waals surface area (Å²) in [6.45, 7) is 2.11. The smallest absolute Gasteiger partial charge is 0.123 e. The minimum atomic E-state index is -0.184. The van der Waals surface area contributed by atoms with Crippen LogP contribution in [0, 0.1) is 5.82 Å². The zero-order valence-electron chi connectivity index (χ0n) is 10.4. The van der Waals surface area contributed by atoms with Gasteiger partial charge in [0.15, 0.2) is 0 Å². The van der Waals surface area contributed by atoms with E-state index < -0.39 is 0 Å². The third-order valence-corrected chi connectivity index (χ3v) is 3.59. The average molecular weight is 237 g/mol. The molecule has 0 saturated heterocycles. The first-order valence-corrected chi connectivity index (χ1v) is 6.25. The highest BCUT2D eigenvalue weighted by Crippen LogP contribution is 2.24. The maximum Gasteiger partial charge on any atom is 0.123 e. The summed E-state index contributed by atoms with van der Waals surface area (Å²) in [4.78, 5) is 0. The van der Waals surface area contributed by atoms with Crippen molar-refractivity contribution in [1.82, 2.24) is 5.32 Å². The van der Waals surface area contributed by atoms with Gasteiger partial charge in [0.05, 0.1) is 6.10 Å². The van der Waals surface area contributed by atoms with E-state index >= 15 is 0 Å². The summed E-state index contributed by atoms with van der Waals surface area (Å²) in [5, 5.41) is 3.57. The molecule has 3 atom stereocenters. The lowest BCUT2D eigenvalue weighted by molar-refractivity contribution is 0.0820. The molecule has 1 N–H and O–H groups in total. The van der Waals surface area contributed by atoms with Crippen LogP contribution in [-0.4, -0.2) is 19.3 Å². The number of hydrogen-bond acceptors (Lipinski definition) is 2. The molecule has 0 radical (unpaired) electrons. The number of halogens is 1. The SMILES string of the molecule is COC1CCCC1NC(C)c1ccc(F)cc1. The van der Waals surface area contributed by atoms with Crippen LogP contribution in [-0.2, 0) is 4.74 Å². The van der Waals surface area contributed by atoms with Gasteiger partial charge in [-0.2, -0.15) is 0 Å². The molecule has 2 rings (SSSR count). The predicted octanol–water partition coefficient (Wildman–Crippen LogP) is 3.04. The van der Waals surface area contributed by atoms with Gasteiger partial charge in [-0.1, -0.05) is 12.1 Å². The van der Waals surface area contributed by atoms with E-state index in [1.807, 2.05) is 12.1 Å². The van der Waals surface area contributed by atoms with E-state index in [1.54, 1.807) is 7.11 Å². The molecule has 0 heterocycles. The van der Waals surface area contributed by atoms with Gasteiger partial charge >= 0.3 is 0 Å². The first-order valence-electron chi connectivity index (χ1n) is 6.25. The third kappa shape index (κ3) is 3.05. The van der Waals surface area contributed by atoms with Gasteiger partial charge < -0.3 is 10.1 Å². The molecular formula is C14H20FNO. The molecule has 0 bridgehead atoms. The van der Waals surface area contributed by atoms with Crippen LogP contribution in [0.1, 0.15) is 37.8 Å². The molecule has 0 aromatic heterocycles. The van der Waals surface area contributed by atoms with E-state index in [0.717, 1.165) is 18.4 Å². The molecule has 1 aromatic rings. The maximum absolute atomic E-state index is 12.8. The van der Waals surface area contributed by atoms with E-state index in [1.165, 1.54) is 18.6 Å². The largest absolute Gasteiger partial charge is 0.380 e. The summed E-state index contributed by atoms with van der Waals surface area (Å²) in [5.41, 5.74) is 1.12. The van der Waals surface area contributed by atoms with Crippen LogP contribution in [0.3, 0.4) is 0 Å². The summed E-state index contributed by atoms with van der Waals surface area (Å²) < 4.78 is 18.3. The van der Waals surface area contributed by atoms with Crippen LogP contribution in [0.2, 0.25) is 0 Å². The molecule has 1 aliphatic rings. The van der Waals surface area contributed by atoms with E-state index in [2.05, 4.69) is 12.2 Å². The molecule has 2 nitrogen and oxygen atoms in total. The van der Waals surface area contributed by atoms with Gasteiger partial charge in [-0.25, -0.2) is 4.39 Å². The lowest BCUT2D eigenvalue weighted by Crippen LogP contribution is -2.38. The first-order chi connectivity index (χ1) is 8.20. The minimum absolute atomic E-state index is 0.184. The van der Waals surface area contributed by atoms with Gasteiger partial charge in [0.1, 0.15) is 5.82 Å². The van der Waals surface area contributed by atoms with Gasteiger partial charge in [-0.15, -0.1) is 0 Å². The van der Waals surface area contributed by atoms with Gasteiger partial charge in [-0.05, 0) is 43.9 Å². The summed E-state index contributed by atoms with van der Waals surface area (Å²) in [6.07, 6.45) is 3.82. The number of hydrogen-bond donors (Lipinski definition) is 1. The molecule has 3 unspecified atom stereocenters. The molecule has 0 amide bonds. The molecule has 1 saturated carbocycles. The van der Waals surface area contributed by atoms with Crippen molar-refractivity contribution in [3.63, 3.8) is 0 Å². The number of methoxy groups -OCH3 is 1. The normalized spacial score (nSPS) is 26.1. The highest BCUT2D eigenvalue weighted by Gasteiger charge is 2.28. The molecule has 3 heteroatoms. The molecule has 1 fully saturated rings. The first kappa shape index (κ1) is 12.5. The zero-order chi connectivity index (χ0) is 12.3. The fourth-order valence-corrected chi connectivity index (χ4v) is 2.57. The number of benzene rings is 1. The highest BCUT2D eigenvalue weighted by atomic mass is 19.1. The lowest BCUT2D eigenvalue weighted by Gasteiger charge is -2.24. The Bertz CT molecular complexity index is 352. The molecule has 1 aromatic carbocycles.